The largest absolute Gasteiger partial charge is 0.467 e. The van der Waals surface area contributed by atoms with Gasteiger partial charge in [-0.2, -0.15) is 0 Å². The second-order valence-electron chi connectivity index (χ2n) is 5.61. The molecule has 0 saturated carbocycles. The maximum atomic E-state index is 12.2. The number of rotatable bonds is 8. The number of carbonyl (C=O) groups is 2. The van der Waals surface area contributed by atoms with Gasteiger partial charge in [-0.05, 0) is 29.8 Å². The number of carbonyl (C=O) groups excluding carboxylic acids is 2. The standard InChI is InChI=1S/C18H19BrN2O5S/c1-26-18(23)16(11-13-5-3-2-4-6-13)21-17(22)12-20-27(24,25)15-9-7-14(19)8-10-15/h2-10,16,20H,11-12H2,1H3,(H,21,22)/t16-/m0/s1. The highest BCUT2D eigenvalue weighted by atomic mass is 79.9. The Bertz CT molecular complexity index is 886. The zero-order chi connectivity index (χ0) is 19.9. The van der Waals surface area contributed by atoms with Crippen LogP contribution in [0.3, 0.4) is 0 Å². The van der Waals surface area contributed by atoms with Crippen molar-refractivity contribution in [2.24, 2.45) is 0 Å². The van der Waals surface area contributed by atoms with Crippen LogP contribution in [0.1, 0.15) is 5.56 Å². The molecule has 9 heteroatoms. The van der Waals surface area contributed by atoms with Crippen molar-refractivity contribution in [3.63, 3.8) is 0 Å². The van der Waals surface area contributed by atoms with Gasteiger partial charge in [-0.1, -0.05) is 46.3 Å². The van der Waals surface area contributed by atoms with Gasteiger partial charge in [0.15, 0.2) is 0 Å². The van der Waals surface area contributed by atoms with E-state index in [2.05, 4.69) is 26.0 Å². The summed E-state index contributed by atoms with van der Waals surface area (Å²) in [6.07, 6.45) is 0.235. The predicted octanol–water partition coefficient (Wildman–Crippen LogP) is 1.63. The van der Waals surface area contributed by atoms with Gasteiger partial charge in [0, 0.05) is 10.9 Å². The van der Waals surface area contributed by atoms with Gasteiger partial charge in [-0.15, -0.1) is 0 Å². The van der Waals surface area contributed by atoms with Crippen LogP contribution in [0.25, 0.3) is 0 Å². The van der Waals surface area contributed by atoms with Crippen molar-refractivity contribution >= 4 is 37.8 Å². The van der Waals surface area contributed by atoms with Gasteiger partial charge in [0.2, 0.25) is 15.9 Å². The monoisotopic (exact) mass is 454 g/mol. The van der Waals surface area contributed by atoms with Crippen LogP contribution >= 0.6 is 15.9 Å². The van der Waals surface area contributed by atoms with Gasteiger partial charge < -0.3 is 10.1 Å². The summed E-state index contributed by atoms with van der Waals surface area (Å²) in [4.78, 5) is 24.1. The van der Waals surface area contributed by atoms with E-state index in [1.54, 1.807) is 12.1 Å². The zero-order valence-electron chi connectivity index (χ0n) is 14.5. The van der Waals surface area contributed by atoms with Crippen molar-refractivity contribution < 1.29 is 22.7 Å². The van der Waals surface area contributed by atoms with Crippen molar-refractivity contribution in [3.05, 3.63) is 64.6 Å². The number of nitrogens with one attached hydrogen (secondary N) is 2. The second kappa shape index (κ2) is 9.63. The Morgan fingerprint density at radius 2 is 1.70 bits per heavy atom. The molecule has 144 valence electrons. The molecule has 2 N–H and O–H groups in total. The van der Waals surface area contributed by atoms with Crippen LogP contribution < -0.4 is 10.0 Å². The molecule has 0 radical (unpaired) electrons. The molecule has 0 aliphatic rings. The number of halogens is 1. The minimum Gasteiger partial charge on any atom is -0.467 e. The van der Waals surface area contributed by atoms with Crippen LogP contribution in [0, 0.1) is 0 Å². The lowest BCUT2D eigenvalue weighted by Crippen LogP contribution is -2.47. The average Bonchev–Trinajstić information content (AvgIpc) is 2.66. The van der Waals surface area contributed by atoms with E-state index >= 15 is 0 Å². The van der Waals surface area contributed by atoms with Crippen molar-refractivity contribution in [2.75, 3.05) is 13.7 Å². The molecule has 0 aromatic heterocycles. The number of methoxy groups -OCH3 is 1. The fourth-order valence-electron chi connectivity index (χ4n) is 2.29. The topological polar surface area (TPSA) is 102 Å². The Hall–Kier alpha value is -2.23. The van der Waals surface area contributed by atoms with E-state index < -0.39 is 34.5 Å². The fraction of sp³-hybridized carbons (Fsp3) is 0.222. The van der Waals surface area contributed by atoms with Crippen molar-refractivity contribution in [1.82, 2.24) is 10.0 Å². The maximum absolute atomic E-state index is 12.2. The molecule has 1 amide bonds. The lowest BCUT2D eigenvalue weighted by Gasteiger charge is -2.17. The number of hydrogen-bond donors (Lipinski definition) is 2. The Morgan fingerprint density at radius 3 is 2.30 bits per heavy atom. The molecular weight excluding hydrogens is 436 g/mol. The maximum Gasteiger partial charge on any atom is 0.328 e. The smallest absolute Gasteiger partial charge is 0.328 e. The molecule has 0 aliphatic heterocycles. The van der Waals surface area contributed by atoms with E-state index in [9.17, 15) is 18.0 Å². The van der Waals surface area contributed by atoms with Crippen LogP contribution in [-0.2, 0) is 30.8 Å². The molecule has 0 spiro atoms. The van der Waals surface area contributed by atoms with Gasteiger partial charge in [-0.3, -0.25) is 4.79 Å². The molecular formula is C18H19BrN2O5S. The highest BCUT2D eigenvalue weighted by molar-refractivity contribution is 9.10. The van der Waals surface area contributed by atoms with Crippen LogP contribution in [-0.4, -0.2) is 40.0 Å². The number of sulfonamides is 1. The third kappa shape index (κ3) is 6.46. The van der Waals surface area contributed by atoms with Gasteiger partial charge in [0.05, 0.1) is 18.6 Å². The predicted molar refractivity (Wildman–Crippen MR) is 103 cm³/mol. The third-order valence-corrected chi connectivity index (χ3v) is 5.60. The van der Waals surface area contributed by atoms with Gasteiger partial charge >= 0.3 is 5.97 Å². The van der Waals surface area contributed by atoms with E-state index in [4.69, 9.17) is 4.74 Å². The van der Waals surface area contributed by atoms with Gasteiger partial charge in [0.1, 0.15) is 6.04 Å². The number of benzene rings is 2. The normalized spacial score (nSPS) is 12.2. The van der Waals surface area contributed by atoms with Crippen LogP contribution in [0.4, 0.5) is 0 Å². The van der Waals surface area contributed by atoms with Crippen LogP contribution in [0.2, 0.25) is 0 Å². The Kier molecular flexibility index (Phi) is 7.52. The lowest BCUT2D eigenvalue weighted by molar-refractivity contribution is -0.144. The molecule has 0 saturated heterocycles. The second-order valence-corrected chi connectivity index (χ2v) is 8.29. The first-order valence-corrected chi connectivity index (χ1v) is 10.3. The third-order valence-electron chi connectivity index (χ3n) is 3.65. The number of ether oxygens (including phenoxy) is 1. The summed E-state index contributed by atoms with van der Waals surface area (Å²) in [6, 6.07) is 14.2. The molecule has 7 nitrogen and oxygen atoms in total. The first kappa shape index (κ1) is 21.1. The number of esters is 1. The van der Waals surface area contributed by atoms with Crippen LogP contribution in [0.15, 0.2) is 64.0 Å². The quantitative estimate of drug-likeness (QED) is 0.590. The van der Waals surface area contributed by atoms with Crippen molar-refractivity contribution in [3.8, 4) is 0 Å². The molecule has 2 aromatic carbocycles. The summed E-state index contributed by atoms with van der Waals surface area (Å²) in [5, 5.41) is 2.50. The highest BCUT2D eigenvalue weighted by Gasteiger charge is 2.23. The minimum absolute atomic E-state index is 0.0345. The first-order valence-electron chi connectivity index (χ1n) is 7.98. The van der Waals surface area contributed by atoms with E-state index in [0.717, 1.165) is 10.0 Å². The molecule has 0 heterocycles. The molecule has 0 fully saturated rings. The molecule has 2 aromatic rings. The highest BCUT2D eigenvalue weighted by Crippen LogP contribution is 2.14. The van der Waals surface area contributed by atoms with Gasteiger partial charge in [0.25, 0.3) is 0 Å². The molecule has 27 heavy (non-hydrogen) atoms. The molecule has 1 atom stereocenters. The Morgan fingerprint density at radius 1 is 1.07 bits per heavy atom. The van der Waals surface area contributed by atoms with E-state index in [0.29, 0.717) is 0 Å². The molecule has 0 aliphatic carbocycles. The zero-order valence-corrected chi connectivity index (χ0v) is 16.9. The Labute approximate surface area is 166 Å². The fourth-order valence-corrected chi connectivity index (χ4v) is 3.53. The average molecular weight is 455 g/mol. The van der Waals surface area contributed by atoms with Gasteiger partial charge in [-0.25, -0.2) is 17.9 Å². The molecule has 0 bridgehead atoms. The molecule has 2 rings (SSSR count). The van der Waals surface area contributed by atoms with E-state index in [1.807, 2.05) is 30.3 Å². The summed E-state index contributed by atoms with van der Waals surface area (Å²) in [7, 11) is -2.62. The van der Waals surface area contributed by atoms with E-state index in [1.165, 1.54) is 19.2 Å². The first-order chi connectivity index (χ1) is 12.8. The van der Waals surface area contributed by atoms with Crippen LogP contribution in [0.5, 0.6) is 0 Å². The van der Waals surface area contributed by atoms with Crippen molar-refractivity contribution in [1.29, 1.82) is 0 Å². The summed E-state index contributed by atoms with van der Waals surface area (Å²) < 4.78 is 32.1. The Balaban J connectivity index is 1.98. The molecule has 0 unspecified atom stereocenters. The summed E-state index contributed by atoms with van der Waals surface area (Å²) >= 11 is 3.23. The number of amides is 1. The lowest BCUT2D eigenvalue weighted by atomic mass is 10.1. The minimum atomic E-state index is -3.84. The summed E-state index contributed by atoms with van der Waals surface area (Å²) in [5.74, 6) is -1.25. The number of hydrogen-bond acceptors (Lipinski definition) is 5. The summed E-state index contributed by atoms with van der Waals surface area (Å²) in [5.41, 5.74) is 0.837. The van der Waals surface area contributed by atoms with E-state index in [-0.39, 0.29) is 11.3 Å². The summed E-state index contributed by atoms with van der Waals surface area (Å²) in [6.45, 7) is -0.499. The van der Waals surface area contributed by atoms with Crippen molar-refractivity contribution in [2.45, 2.75) is 17.4 Å². The SMILES string of the molecule is COC(=O)[C@H](Cc1ccccc1)NC(=O)CNS(=O)(=O)c1ccc(Br)cc1.